The lowest BCUT2D eigenvalue weighted by Crippen LogP contribution is -2.14. The first kappa shape index (κ1) is 21.1. The number of aromatic amines is 1. The van der Waals surface area contributed by atoms with E-state index in [9.17, 15) is 9.59 Å². The normalized spacial score (nSPS) is 10.9. The lowest BCUT2D eigenvalue weighted by Gasteiger charge is -2.08. The third kappa shape index (κ3) is 4.29. The van der Waals surface area contributed by atoms with E-state index in [-0.39, 0.29) is 11.6 Å². The number of amides is 1. The number of carbonyl (C=O) groups is 2. The number of hydrogen-bond acceptors (Lipinski definition) is 6. The van der Waals surface area contributed by atoms with Crippen LogP contribution in [0.2, 0.25) is 0 Å². The SMILES string of the molecule is COC(=O)c1cccc2[nH]c(NC(=O)c3cc4ccc(OCc5ccccc5)cc4cn3)nc12. The zero-order valence-electron chi connectivity index (χ0n) is 18.2. The lowest BCUT2D eigenvalue weighted by atomic mass is 10.1. The number of nitrogens with zero attached hydrogens (tertiary/aromatic N) is 2. The fraction of sp³-hybridized carbons (Fsp3) is 0.0769. The molecular weight excluding hydrogens is 432 g/mol. The summed E-state index contributed by atoms with van der Waals surface area (Å²) in [7, 11) is 1.31. The molecule has 0 aliphatic rings. The maximum absolute atomic E-state index is 12.8. The number of pyridine rings is 1. The highest BCUT2D eigenvalue weighted by atomic mass is 16.5. The Hall–Kier alpha value is -4.72. The predicted octanol–water partition coefficient (Wildman–Crippen LogP) is 4.73. The second-order valence-electron chi connectivity index (χ2n) is 7.59. The van der Waals surface area contributed by atoms with E-state index in [0.717, 1.165) is 22.1 Å². The molecule has 0 bridgehead atoms. The molecule has 1 amide bonds. The smallest absolute Gasteiger partial charge is 0.340 e. The molecule has 0 fully saturated rings. The summed E-state index contributed by atoms with van der Waals surface area (Å²) in [6, 6.07) is 22.3. The number of esters is 1. The summed E-state index contributed by atoms with van der Waals surface area (Å²) in [5, 5.41) is 4.41. The third-order valence-electron chi connectivity index (χ3n) is 5.32. The van der Waals surface area contributed by atoms with Crippen molar-refractivity contribution in [2.45, 2.75) is 6.61 Å². The first-order chi connectivity index (χ1) is 16.6. The van der Waals surface area contributed by atoms with Crippen LogP contribution in [0.15, 0.2) is 79.0 Å². The lowest BCUT2D eigenvalue weighted by molar-refractivity contribution is 0.0602. The van der Waals surface area contributed by atoms with Gasteiger partial charge in [-0.05, 0) is 41.3 Å². The molecule has 0 saturated heterocycles. The first-order valence-corrected chi connectivity index (χ1v) is 10.6. The van der Waals surface area contributed by atoms with Gasteiger partial charge in [0.25, 0.3) is 5.91 Å². The number of ether oxygens (including phenoxy) is 2. The number of carbonyl (C=O) groups excluding carboxylic acids is 2. The average Bonchev–Trinajstić information content (AvgIpc) is 3.29. The highest BCUT2D eigenvalue weighted by molar-refractivity contribution is 6.06. The molecule has 0 aliphatic heterocycles. The molecule has 0 atom stereocenters. The molecule has 5 aromatic rings. The summed E-state index contributed by atoms with van der Waals surface area (Å²) in [6.07, 6.45) is 1.63. The number of aromatic nitrogens is 3. The van der Waals surface area contributed by atoms with Gasteiger partial charge >= 0.3 is 5.97 Å². The van der Waals surface area contributed by atoms with Crippen molar-refractivity contribution < 1.29 is 19.1 Å². The molecule has 3 aromatic carbocycles. The molecule has 8 nitrogen and oxygen atoms in total. The van der Waals surface area contributed by atoms with Crippen LogP contribution in [0.1, 0.15) is 26.4 Å². The number of hydrogen-bond donors (Lipinski definition) is 2. The molecule has 5 rings (SSSR count). The Morgan fingerprint density at radius 1 is 0.971 bits per heavy atom. The van der Waals surface area contributed by atoms with Crippen molar-refractivity contribution in [1.29, 1.82) is 0 Å². The summed E-state index contributed by atoms with van der Waals surface area (Å²) in [5.74, 6) is 0.00483. The van der Waals surface area contributed by atoms with Crippen LogP contribution in [-0.2, 0) is 11.3 Å². The van der Waals surface area contributed by atoms with E-state index in [0.29, 0.717) is 23.2 Å². The van der Waals surface area contributed by atoms with Crippen molar-refractivity contribution in [1.82, 2.24) is 15.0 Å². The van der Waals surface area contributed by atoms with E-state index in [2.05, 4.69) is 20.3 Å². The summed E-state index contributed by atoms with van der Waals surface area (Å²) in [6.45, 7) is 0.468. The van der Waals surface area contributed by atoms with E-state index in [4.69, 9.17) is 9.47 Å². The van der Waals surface area contributed by atoms with Gasteiger partial charge in [0.2, 0.25) is 5.95 Å². The van der Waals surface area contributed by atoms with Crippen LogP contribution in [0.25, 0.3) is 21.8 Å². The molecule has 0 spiro atoms. The highest BCUT2D eigenvalue weighted by Crippen LogP contribution is 2.23. The van der Waals surface area contributed by atoms with Gasteiger partial charge in [-0.25, -0.2) is 9.78 Å². The Morgan fingerprint density at radius 2 is 1.82 bits per heavy atom. The van der Waals surface area contributed by atoms with Crippen LogP contribution in [0.4, 0.5) is 5.95 Å². The van der Waals surface area contributed by atoms with E-state index in [1.54, 1.807) is 30.5 Å². The minimum Gasteiger partial charge on any atom is -0.489 e. The van der Waals surface area contributed by atoms with Crippen LogP contribution < -0.4 is 10.1 Å². The molecule has 8 heteroatoms. The Morgan fingerprint density at radius 3 is 2.65 bits per heavy atom. The quantitative estimate of drug-likeness (QED) is 0.361. The Labute approximate surface area is 194 Å². The van der Waals surface area contributed by atoms with Gasteiger partial charge in [-0.1, -0.05) is 42.5 Å². The zero-order chi connectivity index (χ0) is 23.5. The number of nitrogens with one attached hydrogen (secondary N) is 2. The van der Waals surface area contributed by atoms with Gasteiger partial charge in [-0.15, -0.1) is 0 Å². The van der Waals surface area contributed by atoms with Crippen molar-refractivity contribution in [2.75, 3.05) is 12.4 Å². The number of anilines is 1. The fourth-order valence-electron chi connectivity index (χ4n) is 3.61. The number of H-pyrrole nitrogens is 1. The maximum atomic E-state index is 12.8. The van der Waals surface area contributed by atoms with Crippen molar-refractivity contribution in [3.8, 4) is 5.75 Å². The monoisotopic (exact) mass is 452 g/mol. The zero-order valence-corrected chi connectivity index (χ0v) is 18.2. The van der Waals surface area contributed by atoms with E-state index in [1.165, 1.54) is 7.11 Å². The molecule has 2 heterocycles. The summed E-state index contributed by atoms with van der Waals surface area (Å²) in [5.41, 5.74) is 2.65. The topological polar surface area (TPSA) is 106 Å². The number of imidazole rings is 1. The largest absolute Gasteiger partial charge is 0.489 e. The molecule has 2 aromatic heterocycles. The molecule has 0 unspecified atom stereocenters. The minimum atomic E-state index is -0.502. The van der Waals surface area contributed by atoms with Gasteiger partial charge in [0, 0.05) is 11.6 Å². The van der Waals surface area contributed by atoms with Gasteiger partial charge in [0.15, 0.2) is 0 Å². The fourth-order valence-corrected chi connectivity index (χ4v) is 3.61. The number of fused-ring (bicyclic) bond motifs is 2. The standard InChI is InChI=1S/C26H20N4O4/c1-33-25(32)20-8-5-9-21-23(20)29-26(28-21)30-24(31)22-13-17-10-11-19(12-18(17)14-27-22)34-15-16-6-3-2-4-7-16/h2-14H,15H2,1H3,(H2,28,29,30,31). The molecule has 0 saturated carbocycles. The molecular formula is C26H20N4O4. The Kier molecular flexibility index (Phi) is 5.61. The summed E-state index contributed by atoms with van der Waals surface area (Å²) in [4.78, 5) is 36.4. The second kappa shape index (κ2) is 9.03. The van der Waals surface area contributed by atoms with Gasteiger partial charge < -0.3 is 14.5 Å². The van der Waals surface area contributed by atoms with Crippen LogP contribution in [0, 0.1) is 0 Å². The number of para-hydroxylation sites is 1. The van der Waals surface area contributed by atoms with Gasteiger partial charge in [0.1, 0.15) is 23.6 Å². The third-order valence-corrected chi connectivity index (χ3v) is 5.32. The van der Waals surface area contributed by atoms with Crippen LogP contribution in [0.3, 0.4) is 0 Å². The van der Waals surface area contributed by atoms with Crippen molar-refractivity contribution in [3.05, 3.63) is 95.8 Å². The average molecular weight is 452 g/mol. The molecule has 34 heavy (non-hydrogen) atoms. The predicted molar refractivity (Wildman–Crippen MR) is 128 cm³/mol. The van der Waals surface area contributed by atoms with Gasteiger partial charge in [0.05, 0.1) is 18.2 Å². The van der Waals surface area contributed by atoms with Crippen molar-refractivity contribution in [2.24, 2.45) is 0 Å². The maximum Gasteiger partial charge on any atom is 0.340 e. The van der Waals surface area contributed by atoms with Gasteiger partial charge in [-0.3, -0.25) is 15.1 Å². The van der Waals surface area contributed by atoms with Crippen LogP contribution >= 0.6 is 0 Å². The Balaban J connectivity index is 1.33. The van der Waals surface area contributed by atoms with Gasteiger partial charge in [-0.2, -0.15) is 0 Å². The van der Waals surface area contributed by atoms with Crippen molar-refractivity contribution >= 4 is 39.6 Å². The van der Waals surface area contributed by atoms with E-state index in [1.807, 2.05) is 48.5 Å². The van der Waals surface area contributed by atoms with E-state index >= 15 is 0 Å². The number of benzene rings is 3. The molecule has 0 aliphatic carbocycles. The first-order valence-electron chi connectivity index (χ1n) is 10.6. The number of methoxy groups -OCH3 is 1. The highest BCUT2D eigenvalue weighted by Gasteiger charge is 2.16. The minimum absolute atomic E-state index is 0.211. The van der Waals surface area contributed by atoms with E-state index < -0.39 is 11.9 Å². The van der Waals surface area contributed by atoms with Crippen molar-refractivity contribution in [3.63, 3.8) is 0 Å². The summed E-state index contributed by atoms with van der Waals surface area (Å²) >= 11 is 0. The molecule has 2 N–H and O–H groups in total. The Bertz CT molecular complexity index is 1510. The molecule has 168 valence electrons. The number of rotatable bonds is 6. The molecule has 0 radical (unpaired) electrons. The van der Waals surface area contributed by atoms with Crippen LogP contribution in [0.5, 0.6) is 5.75 Å². The second-order valence-corrected chi connectivity index (χ2v) is 7.59. The van der Waals surface area contributed by atoms with Crippen LogP contribution in [-0.4, -0.2) is 33.9 Å². The summed E-state index contributed by atoms with van der Waals surface area (Å²) < 4.78 is 10.7.